The summed E-state index contributed by atoms with van der Waals surface area (Å²) in [5.74, 6) is 0.621. The number of rotatable bonds is 4. The average molecular weight is 231 g/mol. The molecule has 0 saturated heterocycles. The number of nitrogens with zero attached hydrogens (tertiary/aromatic N) is 1. The molecule has 1 aliphatic carbocycles. The van der Waals surface area contributed by atoms with Crippen LogP contribution in [0.4, 0.5) is 0 Å². The highest BCUT2D eigenvalue weighted by atomic mass is 16.1. The van der Waals surface area contributed by atoms with Gasteiger partial charge in [0.15, 0.2) is 5.78 Å². The highest BCUT2D eigenvalue weighted by Gasteiger charge is 2.26. The molecule has 0 unspecified atom stereocenters. The van der Waals surface area contributed by atoms with Crippen molar-refractivity contribution in [2.24, 2.45) is 5.92 Å². The molecule has 0 saturated carbocycles. The summed E-state index contributed by atoms with van der Waals surface area (Å²) in [6.45, 7) is 1.07. The number of hydrogen-bond acceptors (Lipinski definition) is 2. The van der Waals surface area contributed by atoms with Gasteiger partial charge in [0.1, 0.15) is 0 Å². The van der Waals surface area contributed by atoms with Crippen LogP contribution >= 0.6 is 0 Å². The first-order valence-electron chi connectivity index (χ1n) is 6.45. The van der Waals surface area contributed by atoms with Crippen LogP contribution in [-0.4, -0.2) is 31.3 Å². The Morgan fingerprint density at radius 1 is 1.29 bits per heavy atom. The second-order valence-electron chi connectivity index (χ2n) is 5.20. The summed E-state index contributed by atoms with van der Waals surface area (Å²) in [4.78, 5) is 14.5. The molecule has 1 aromatic rings. The lowest BCUT2D eigenvalue weighted by atomic mass is 9.80. The van der Waals surface area contributed by atoms with E-state index in [1.807, 2.05) is 18.2 Å². The molecule has 92 valence electrons. The Hall–Kier alpha value is -1.15. The molecule has 1 atom stereocenters. The molecule has 0 amide bonds. The molecule has 0 spiro atoms. The first-order valence-corrected chi connectivity index (χ1v) is 6.45. The summed E-state index contributed by atoms with van der Waals surface area (Å²) < 4.78 is 0. The van der Waals surface area contributed by atoms with Crippen molar-refractivity contribution in [1.29, 1.82) is 0 Å². The van der Waals surface area contributed by atoms with Crippen molar-refractivity contribution >= 4 is 5.78 Å². The van der Waals surface area contributed by atoms with E-state index in [0.29, 0.717) is 5.78 Å². The largest absolute Gasteiger partial charge is 0.309 e. The van der Waals surface area contributed by atoms with Gasteiger partial charge >= 0.3 is 0 Å². The van der Waals surface area contributed by atoms with Gasteiger partial charge in [0.25, 0.3) is 0 Å². The Morgan fingerprint density at radius 3 is 2.82 bits per heavy atom. The fraction of sp³-hybridized carbons (Fsp3) is 0.533. The summed E-state index contributed by atoms with van der Waals surface area (Å²) in [7, 11) is 4.16. The summed E-state index contributed by atoms with van der Waals surface area (Å²) in [5.41, 5.74) is 2.20. The van der Waals surface area contributed by atoms with Crippen LogP contribution in [0.3, 0.4) is 0 Å². The van der Waals surface area contributed by atoms with E-state index in [2.05, 4.69) is 25.1 Å². The van der Waals surface area contributed by atoms with E-state index in [4.69, 9.17) is 0 Å². The van der Waals surface area contributed by atoms with Crippen LogP contribution in [0.1, 0.15) is 35.2 Å². The third-order valence-electron chi connectivity index (χ3n) is 3.57. The van der Waals surface area contributed by atoms with Gasteiger partial charge in [0, 0.05) is 11.5 Å². The van der Waals surface area contributed by atoms with Crippen LogP contribution in [0.5, 0.6) is 0 Å². The molecule has 0 N–H and O–H groups in total. The topological polar surface area (TPSA) is 20.3 Å². The summed E-state index contributed by atoms with van der Waals surface area (Å²) in [6.07, 6.45) is 4.24. The Balaban J connectivity index is 1.98. The summed E-state index contributed by atoms with van der Waals surface area (Å²) in [6, 6.07) is 8.07. The van der Waals surface area contributed by atoms with Crippen molar-refractivity contribution in [2.45, 2.75) is 25.7 Å². The molecule has 1 aromatic carbocycles. The van der Waals surface area contributed by atoms with Crippen LogP contribution in [0.2, 0.25) is 0 Å². The zero-order chi connectivity index (χ0) is 12.3. The first kappa shape index (κ1) is 12.3. The van der Waals surface area contributed by atoms with Crippen molar-refractivity contribution in [3.8, 4) is 0 Å². The minimum absolute atomic E-state index is 0.254. The smallest absolute Gasteiger partial charge is 0.166 e. The van der Waals surface area contributed by atoms with Crippen LogP contribution < -0.4 is 0 Å². The van der Waals surface area contributed by atoms with E-state index in [1.54, 1.807) is 0 Å². The number of fused-ring (bicyclic) bond motifs is 1. The monoisotopic (exact) mass is 231 g/mol. The maximum atomic E-state index is 12.3. The summed E-state index contributed by atoms with van der Waals surface area (Å²) in [5, 5.41) is 0. The molecule has 0 bridgehead atoms. The van der Waals surface area contributed by atoms with Gasteiger partial charge in [-0.25, -0.2) is 0 Å². The predicted octanol–water partition coefficient (Wildman–Crippen LogP) is 2.77. The lowest BCUT2D eigenvalue weighted by Crippen LogP contribution is -2.24. The third kappa shape index (κ3) is 2.95. The lowest BCUT2D eigenvalue weighted by molar-refractivity contribution is 0.0891. The number of carbonyl (C=O) groups excluding carboxylic acids is 1. The molecule has 2 nitrogen and oxygen atoms in total. The van der Waals surface area contributed by atoms with Gasteiger partial charge in [-0.1, -0.05) is 24.3 Å². The Morgan fingerprint density at radius 2 is 2.06 bits per heavy atom. The third-order valence-corrected chi connectivity index (χ3v) is 3.57. The fourth-order valence-corrected chi connectivity index (χ4v) is 2.59. The number of carbonyl (C=O) groups is 1. The normalized spacial score (nSPS) is 19.5. The average Bonchev–Trinajstić information content (AvgIpc) is 2.32. The zero-order valence-electron chi connectivity index (χ0n) is 10.8. The van der Waals surface area contributed by atoms with E-state index in [0.717, 1.165) is 37.8 Å². The maximum Gasteiger partial charge on any atom is 0.166 e. The minimum atomic E-state index is 0.254. The SMILES string of the molecule is CN(C)CCC[C@H]1CCc2ccccc2C1=O. The molecular weight excluding hydrogens is 210 g/mol. The van der Waals surface area contributed by atoms with Crippen molar-refractivity contribution in [1.82, 2.24) is 4.90 Å². The molecule has 1 aliphatic rings. The molecule has 17 heavy (non-hydrogen) atoms. The molecule has 2 heteroatoms. The minimum Gasteiger partial charge on any atom is -0.309 e. The van der Waals surface area contributed by atoms with Crippen molar-refractivity contribution < 1.29 is 4.79 Å². The molecular formula is C15H21NO. The Kier molecular flexibility index (Phi) is 3.95. The Bertz CT molecular complexity index is 398. The number of benzene rings is 1. The van der Waals surface area contributed by atoms with Gasteiger partial charge in [-0.15, -0.1) is 0 Å². The first-order chi connectivity index (χ1) is 8.18. The number of aryl methyl sites for hydroxylation is 1. The quantitative estimate of drug-likeness (QED) is 0.794. The van der Waals surface area contributed by atoms with Crippen molar-refractivity contribution in [3.63, 3.8) is 0 Å². The van der Waals surface area contributed by atoms with E-state index in [-0.39, 0.29) is 5.92 Å². The molecule has 0 heterocycles. The highest BCUT2D eigenvalue weighted by Crippen LogP contribution is 2.28. The maximum absolute atomic E-state index is 12.3. The van der Waals surface area contributed by atoms with Crippen LogP contribution in [0, 0.1) is 5.92 Å². The number of ketones is 1. The number of Topliss-reactive ketones (excluding diaryl/α,β-unsaturated/α-hetero) is 1. The van der Waals surface area contributed by atoms with E-state index in [9.17, 15) is 4.79 Å². The zero-order valence-corrected chi connectivity index (χ0v) is 10.8. The van der Waals surface area contributed by atoms with Crippen LogP contribution in [-0.2, 0) is 6.42 Å². The van der Waals surface area contributed by atoms with E-state index < -0.39 is 0 Å². The van der Waals surface area contributed by atoms with Crippen LogP contribution in [0.25, 0.3) is 0 Å². The van der Waals surface area contributed by atoms with Gasteiger partial charge in [-0.3, -0.25) is 4.79 Å². The van der Waals surface area contributed by atoms with Gasteiger partial charge in [0.2, 0.25) is 0 Å². The standard InChI is InChI=1S/C15H21NO/c1-16(2)11-5-7-13-10-9-12-6-3-4-8-14(12)15(13)17/h3-4,6,8,13H,5,7,9-11H2,1-2H3/t13-/m0/s1. The lowest BCUT2D eigenvalue weighted by Gasteiger charge is -2.23. The number of hydrogen-bond donors (Lipinski definition) is 0. The van der Waals surface area contributed by atoms with Crippen molar-refractivity contribution in [2.75, 3.05) is 20.6 Å². The van der Waals surface area contributed by atoms with Crippen LogP contribution in [0.15, 0.2) is 24.3 Å². The van der Waals surface area contributed by atoms with Gasteiger partial charge in [-0.05, 0) is 51.9 Å². The summed E-state index contributed by atoms with van der Waals surface area (Å²) >= 11 is 0. The highest BCUT2D eigenvalue weighted by molar-refractivity contribution is 6.00. The molecule has 0 aromatic heterocycles. The van der Waals surface area contributed by atoms with Gasteiger partial charge in [0.05, 0.1) is 0 Å². The molecule has 0 fully saturated rings. The Labute approximate surface area is 104 Å². The second kappa shape index (κ2) is 5.46. The van der Waals surface area contributed by atoms with Gasteiger partial charge in [-0.2, -0.15) is 0 Å². The van der Waals surface area contributed by atoms with E-state index >= 15 is 0 Å². The molecule has 2 rings (SSSR count). The predicted molar refractivity (Wildman–Crippen MR) is 70.4 cm³/mol. The second-order valence-corrected chi connectivity index (χ2v) is 5.20. The van der Waals surface area contributed by atoms with Crippen molar-refractivity contribution in [3.05, 3.63) is 35.4 Å². The molecule has 0 aliphatic heterocycles. The van der Waals surface area contributed by atoms with Gasteiger partial charge < -0.3 is 4.90 Å². The fourth-order valence-electron chi connectivity index (χ4n) is 2.59. The van der Waals surface area contributed by atoms with E-state index in [1.165, 1.54) is 5.56 Å². The molecule has 0 radical (unpaired) electrons.